The zero-order valence-electron chi connectivity index (χ0n) is 13.7. The van der Waals surface area contributed by atoms with Crippen LogP contribution in [0.3, 0.4) is 0 Å². The summed E-state index contributed by atoms with van der Waals surface area (Å²) in [7, 11) is 1.65. The molecule has 0 fully saturated rings. The number of nitrogens with zero attached hydrogens (tertiary/aromatic N) is 2. The minimum Gasteiger partial charge on any atom is -0.481 e. The number of fused-ring (bicyclic) bond motifs is 1. The van der Waals surface area contributed by atoms with Crippen molar-refractivity contribution in [2.24, 2.45) is 0 Å². The summed E-state index contributed by atoms with van der Waals surface area (Å²) in [6.45, 7) is 1.26. The van der Waals surface area contributed by atoms with Gasteiger partial charge in [-0.3, -0.25) is 9.59 Å². The highest BCUT2D eigenvalue weighted by molar-refractivity contribution is 5.76. The normalized spacial score (nSPS) is 13.1. The van der Waals surface area contributed by atoms with Crippen LogP contribution in [0.4, 0.5) is 5.82 Å². The third-order valence-corrected chi connectivity index (χ3v) is 4.11. The Morgan fingerprint density at radius 3 is 2.91 bits per heavy atom. The van der Waals surface area contributed by atoms with Crippen LogP contribution in [-0.4, -0.2) is 47.0 Å². The number of carbonyl (C=O) groups excluding carboxylic acids is 1. The number of aryl methyl sites for hydroxylation is 2. The maximum absolute atomic E-state index is 11.9. The second-order valence-electron chi connectivity index (χ2n) is 6.01. The fourth-order valence-corrected chi connectivity index (χ4v) is 2.67. The molecule has 6 nitrogen and oxygen atoms in total. The lowest BCUT2D eigenvalue weighted by Crippen LogP contribution is -2.28. The number of carboxylic acid groups (broad SMARTS) is 1. The number of hydrogen-bond acceptors (Lipinski definition) is 4. The molecule has 1 amide bonds. The van der Waals surface area contributed by atoms with Gasteiger partial charge in [0.15, 0.2) is 0 Å². The van der Waals surface area contributed by atoms with Crippen LogP contribution in [0.15, 0.2) is 12.1 Å². The van der Waals surface area contributed by atoms with Gasteiger partial charge in [0.1, 0.15) is 5.82 Å². The molecule has 1 aliphatic rings. The van der Waals surface area contributed by atoms with E-state index >= 15 is 0 Å². The van der Waals surface area contributed by atoms with Crippen LogP contribution in [-0.2, 0) is 22.4 Å². The van der Waals surface area contributed by atoms with E-state index in [2.05, 4.69) is 22.4 Å². The number of nitrogens with one attached hydrogen (secondary N) is 1. The molecule has 2 heterocycles. The van der Waals surface area contributed by atoms with E-state index in [1.807, 2.05) is 0 Å². The van der Waals surface area contributed by atoms with Gasteiger partial charge in [0, 0.05) is 32.3 Å². The molecule has 1 aromatic rings. The number of carbonyl (C=O) groups is 2. The third-order valence-electron chi connectivity index (χ3n) is 4.11. The first-order chi connectivity index (χ1) is 11.1. The van der Waals surface area contributed by atoms with Crippen molar-refractivity contribution in [3.05, 3.63) is 23.4 Å². The van der Waals surface area contributed by atoms with E-state index in [1.165, 1.54) is 10.5 Å². The predicted octanol–water partition coefficient (Wildman–Crippen LogP) is 2.09. The Bertz CT molecular complexity index is 560. The van der Waals surface area contributed by atoms with Crippen molar-refractivity contribution in [3.63, 3.8) is 0 Å². The van der Waals surface area contributed by atoms with E-state index in [-0.39, 0.29) is 18.9 Å². The van der Waals surface area contributed by atoms with Crippen LogP contribution in [0, 0.1) is 0 Å². The number of aliphatic carboxylic acids is 1. The van der Waals surface area contributed by atoms with Crippen LogP contribution in [0.2, 0.25) is 0 Å². The molecular formula is C17H25N3O3. The van der Waals surface area contributed by atoms with Crippen molar-refractivity contribution in [3.8, 4) is 0 Å². The Morgan fingerprint density at radius 2 is 2.13 bits per heavy atom. The molecule has 0 saturated heterocycles. The first kappa shape index (κ1) is 17.2. The fraction of sp³-hybridized carbons (Fsp3) is 0.588. The zero-order valence-corrected chi connectivity index (χ0v) is 13.7. The summed E-state index contributed by atoms with van der Waals surface area (Å²) < 4.78 is 0. The fourth-order valence-electron chi connectivity index (χ4n) is 2.67. The van der Waals surface area contributed by atoms with Gasteiger partial charge >= 0.3 is 5.97 Å². The van der Waals surface area contributed by atoms with Crippen molar-refractivity contribution in [2.45, 2.75) is 44.9 Å². The lowest BCUT2D eigenvalue weighted by Gasteiger charge is -2.17. The van der Waals surface area contributed by atoms with Crippen LogP contribution in [0.5, 0.6) is 0 Å². The highest BCUT2D eigenvalue weighted by Crippen LogP contribution is 2.20. The molecule has 0 aromatic carbocycles. The number of unbranched alkanes of at least 4 members (excludes halogenated alkanes) is 1. The van der Waals surface area contributed by atoms with Gasteiger partial charge in [-0.15, -0.1) is 0 Å². The lowest BCUT2D eigenvalue weighted by molar-refractivity contribution is -0.138. The first-order valence-corrected chi connectivity index (χ1v) is 8.24. The molecule has 2 rings (SSSR count). The Hall–Kier alpha value is -2.11. The number of anilines is 1. The van der Waals surface area contributed by atoms with Gasteiger partial charge in [0.05, 0.1) is 6.42 Å². The number of carboxylic acids is 1. The second-order valence-corrected chi connectivity index (χ2v) is 6.01. The van der Waals surface area contributed by atoms with Crippen molar-refractivity contribution < 1.29 is 14.7 Å². The van der Waals surface area contributed by atoms with Gasteiger partial charge < -0.3 is 15.3 Å². The number of hydrogen-bond donors (Lipinski definition) is 2. The minimum absolute atomic E-state index is 0.00567. The number of rotatable bonds is 8. The van der Waals surface area contributed by atoms with Gasteiger partial charge in [-0.25, -0.2) is 4.98 Å². The maximum Gasteiger partial charge on any atom is 0.305 e. The molecule has 0 bridgehead atoms. The summed E-state index contributed by atoms with van der Waals surface area (Å²) in [5.41, 5.74) is 2.35. The van der Waals surface area contributed by atoms with Gasteiger partial charge in [-0.1, -0.05) is 6.07 Å². The second kappa shape index (κ2) is 8.50. The number of amides is 1. The molecular weight excluding hydrogens is 294 g/mol. The van der Waals surface area contributed by atoms with Gasteiger partial charge in [0.25, 0.3) is 0 Å². The quantitative estimate of drug-likeness (QED) is 0.717. The smallest absolute Gasteiger partial charge is 0.305 e. The topological polar surface area (TPSA) is 82.5 Å². The molecule has 0 unspecified atom stereocenters. The van der Waals surface area contributed by atoms with Crippen LogP contribution in [0.1, 0.15) is 43.4 Å². The first-order valence-electron chi connectivity index (χ1n) is 8.24. The molecule has 0 radical (unpaired) electrons. The van der Waals surface area contributed by atoms with Gasteiger partial charge in [0.2, 0.25) is 5.91 Å². The molecule has 126 valence electrons. The van der Waals surface area contributed by atoms with E-state index in [0.717, 1.165) is 50.2 Å². The number of aromatic nitrogens is 1. The van der Waals surface area contributed by atoms with E-state index < -0.39 is 5.97 Å². The Labute approximate surface area is 136 Å². The largest absolute Gasteiger partial charge is 0.481 e. The Kier molecular flexibility index (Phi) is 6.38. The summed E-state index contributed by atoms with van der Waals surface area (Å²) in [5.74, 6) is 0.140. The average Bonchev–Trinajstić information content (AvgIpc) is 2.56. The summed E-state index contributed by atoms with van der Waals surface area (Å²) in [6, 6.07) is 4.22. The molecule has 6 heteroatoms. The lowest BCUT2D eigenvalue weighted by atomic mass is 10.1. The summed E-state index contributed by atoms with van der Waals surface area (Å²) in [5, 5.41) is 11.9. The molecule has 0 aliphatic carbocycles. The molecule has 1 aromatic heterocycles. The van der Waals surface area contributed by atoms with E-state index in [4.69, 9.17) is 5.11 Å². The molecule has 23 heavy (non-hydrogen) atoms. The Balaban J connectivity index is 1.69. The highest BCUT2D eigenvalue weighted by Gasteiger charge is 2.11. The van der Waals surface area contributed by atoms with E-state index in [1.54, 1.807) is 7.05 Å². The molecule has 2 N–H and O–H groups in total. The average molecular weight is 319 g/mol. The molecule has 0 spiro atoms. The van der Waals surface area contributed by atoms with Gasteiger partial charge in [-0.2, -0.15) is 0 Å². The third kappa shape index (κ3) is 5.54. The van der Waals surface area contributed by atoms with Crippen molar-refractivity contribution in [1.82, 2.24) is 9.88 Å². The van der Waals surface area contributed by atoms with E-state index in [9.17, 15) is 9.59 Å². The van der Waals surface area contributed by atoms with E-state index in [0.29, 0.717) is 6.42 Å². The summed E-state index contributed by atoms with van der Waals surface area (Å²) >= 11 is 0. The Morgan fingerprint density at radius 1 is 1.30 bits per heavy atom. The van der Waals surface area contributed by atoms with Crippen LogP contribution < -0.4 is 5.32 Å². The van der Waals surface area contributed by atoms with Crippen LogP contribution >= 0.6 is 0 Å². The molecule has 0 atom stereocenters. The van der Waals surface area contributed by atoms with Crippen molar-refractivity contribution >= 4 is 17.7 Å². The van der Waals surface area contributed by atoms with Crippen molar-refractivity contribution in [1.29, 1.82) is 0 Å². The highest BCUT2D eigenvalue weighted by atomic mass is 16.4. The standard InChI is InChI=1S/C17H25N3O3/c1-20(12-10-16(22)23)15(21)7-3-2-6-14-9-8-13-5-4-11-18-17(13)19-14/h8-9H,2-7,10-12H2,1H3,(H,18,19)(H,22,23). The molecule has 1 aliphatic heterocycles. The number of pyridine rings is 1. The predicted molar refractivity (Wildman–Crippen MR) is 88.5 cm³/mol. The van der Waals surface area contributed by atoms with Gasteiger partial charge in [-0.05, 0) is 43.7 Å². The SMILES string of the molecule is CN(CCC(=O)O)C(=O)CCCCc1ccc2c(n1)NCCC2. The minimum atomic E-state index is -0.878. The van der Waals surface area contributed by atoms with Crippen molar-refractivity contribution in [2.75, 3.05) is 25.5 Å². The molecule has 0 saturated carbocycles. The monoisotopic (exact) mass is 319 g/mol. The summed E-state index contributed by atoms with van der Waals surface area (Å²) in [6.07, 6.45) is 5.26. The summed E-state index contributed by atoms with van der Waals surface area (Å²) in [4.78, 5) is 28.5. The maximum atomic E-state index is 11.9. The van der Waals surface area contributed by atoms with Crippen LogP contribution in [0.25, 0.3) is 0 Å². The zero-order chi connectivity index (χ0) is 16.7.